The highest BCUT2D eigenvalue weighted by atomic mass is 16.3. The molecule has 1 aliphatic rings. The van der Waals surface area contributed by atoms with Crippen LogP contribution in [0.3, 0.4) is 0 Å². The number of phenolic OH excluding ortho intramolecular Hbond substituents is 1. The molecular weight excluding hydrogens is 256 g/mol. The lowest BCUT2D eigenvalue weighted by molar-refractivity contribution is -0.00542. The fourth-order valence-electron chi connectivity index (χ4n) is 2.56. The second kappa shape index (κ2) is 5.71. The molecule has 1 aromatic carbocycles. The number of anilines is 1. The second-order valence-corrected chi connectivity index (χ2v) is 5.83. The van der Waals surface area contributed by atoms with E-state index in [4.69, 9.17) is 5.73 Å². The molecule has 1 aromatic rings. The smallest absolute Gasteiger partial charge is 0.255 e. The third kappa shape index (κ3) is 3.22. The molecule has 5 N–H and O–H groups in total. The predicted octanol–water partition coefficient (Wildman–Crippen LogP) is 1.65. The van der Waals surface area contributed by atoms with Gasteiger partial charge in [0.1, 0.15) is 0 Å². The van der Waals surface area contributed by atoms with Gasteiger partial charge in [-0.1, -0.05) is 13.0 Å². The van der Waals surface area contributed by atoms with Crippen LogP contribution in [0.15, 0.2) is 18.2 Å². The average Bonchev–Trinajstić information content (AvgIpc) is 2.43. The van der Waals surface area contributed by atoms with Crippen LogP contribution in [0, 0.1) is 5.92 Å². The third-order valence-electron chi connectivity index (χ3n) is 4.09. The van der Waals surface area contributed by atoms with Crippen LogP contribution in [0.2, 0.25) is 0 Å². The van der Waals surface area contributed by atoms with Crippen molar-refractivity contribution in [3.63, 3.8) is 0 Å². The Labute approximate surface area is 118 Å². The first-order valence-electron chi connectivity index (χ1n) is 6.99. The number of nitrogens with two attached hydrogens (primary N) is 1. The van der Waals surface area contributed by atoms with Gasteiger partial charge in [0, 0.05) is 6.54 Å². The zero-order valence-electron chi connectivity index (χ0n) is 11.7. The van der Waals surface area contributed by atoms with Crippen molar-refractivity contribution in [1.29, 1.82) is 0 Å². The monoisotopic (exact) mass is 278 g/mol. The first kappa shape index (κ1) is 14.7. The van der Waals surface area contributed by atoms with Gasteiger partial charge in [0.25, 0.3) is 5.91 Å². The molecule has 0 aromatic heterocycles. The van der Waals surface area contributed by atoms with Crippen LogP contribution in [0.4, 0.5) is 5.69 Å². The van der Waals surface area contributed by atoms with E-state index in [-0.39, 0.29) is 23.5 Å². The number of hydrogen-bond donors (Lipinski definition) is 4. The van der Waals surface area contributed by atoms with E-state index in [1.807, 2.05) is 0 Å². The van der Waals surface area contributed by atoms with Gasteiger partial charge in [0.05, 0.1) is 16.9 Å². The molecule has 0 bridgehead atoms. The number of phenols is 1. The number of aromatic hydroxyl groups is 1. The van der Waals surface area contributed by atoms with Gasteiger partial charge in [-0.05, 0) is 43.7 Å². The molecule has 2 rings (SSSR count). The Kier molecular flexibility index (Phi) is 4.18. The Balaban J connectivity index is 1.97. The van der Waals surface area contributed by atoms with Gasteiger partial charge in [-0.15, -0.1) is 0 Å². The van der Waals surface area contributed by atoms with Gasteiger partial charge >= 0.3 is 0 Å². The van der Waals surface area contributed by atoms with Crippen LogP contribution in [0.1, 0.15) is 43.0 Å². The van der Waals surface area contributed by atoms with E-state index in [9.17, 15) is 15.0 Å². The summed E-state index contributed by atoms with van der Waals surface area (Å²) < 4.78 is 0. The molecular formula is C15H22N2O3. The van der Waals surface area contributed by atoms with Crippen LogP contribution in [0.5, 0.6) is 5.75 Å². The summed E-state index contributed by atoms with van der Waals surface area (Å²) in [5.41, 5.74) is 5.03. The maximum atomic E-state index is 12.0. The molecule has 1 aliphatic carbocycles. The minimum Gasteiger partial charge on any atom is -0.505 e. The molecule has 5 heteroatoms. The number of carbonyl (C=O) groups excluding carboxylic acids is 1. The van der Waals surface area contributed by atoms with E-state index >= 15 is 0 Å². The van der Waals surface area contributed by atoms with Crippen LogP contribution in [0.25, 0.3) is 0 Å². The molecule has 0 heterocycles. The zero-order valence-corrected chi connectivity index (χ0v) is 11.7. The third-order valence-corrected chi connectivity index (χ3v) is 4.09. The molecule has 1 saturated carbocycles. The maximum absolute atomic E-state index is 12.0. The number of aliphatic hydroxyl groups is 1. The summed E-state index contributed by atoms with van der Waals surface area (Å²) in [6.07, 6.45) is 3.32. The van der Waals surface area contributed by atoms with E-state index in [1.165, 1.54) is 12.1 Å². The normalized spacial score (nSPS) is 26.2. The fraction of sp³-hybridized carbons (Fsp3) is 0.533. The number of amides is 1. The Morgan fingerprint density at radius 3 is 2.75 bits per heavy atom. The Morgan fingerprint density at radius 1 is 1.45 bits per heavy atom. The molecule has 5 nitrogen and oxygen atoms in total. The lowest BCUT2D eigenvalue weighted by Gasteiger charge is -2.34. The van der Waals surface area contributed by atoms with Gasteiger partial charge in [-0.3, -0.25) is 4.79 Å². The van der Waals surface area contributed by atoms with Crippen molar-refractivity contribution in [1.82, 2.24) is 5.32 Å². The van der Waals surface area contributed by atoms with Crippen molar-refractivity contribution >= 4 is 11.6 Å². The number of para-hydroxylation sites is 1. The topological polar surface area (TPSA) is 95.6 Å². The SMILES string of the molecule is CC1CCC(O)(CNC(=O)c2cccc(N)c2O)CC1. The van der Waals surface area contributed by atoms with Crippen LogP contribution in [-0.4, -0.2) is 28.3 Å². The van der Waals surface area contributed by atoms with Gasteiger partial charge < -0.3 is 21.3 Å². The molecule has 0 spiro atoms. The maximum Gasteiger partial charge on any atom is 0.255 e. The zero-order chi connectivity index (χ0) is 14.8. The fourth-order valence-corrected chi connectivity index (χ4v) is 2.56. The van der Waals surface area contributed by atoms with E-state index in [0.717, 1.165) is 12.8 Å². The summed E-state index contributed by atoms with van der Waals surface area (Å²) in [5.74, 6) is 0.0000424. The first-order chi connectivity index (χ1) is 9.41. The van der Waals surface area contributed by atoms with Gasteiger partial charge in [0.2, 0.25) is 0 Å². The lowest BCUT2D eigenvalue weighted by Crippen LogP contribution is -2.45. The van der Waals surface area contributed by atoms with E-state index < -0.39 is 11.5 Å². The summed E-state index contributed by atoms with van der Waals surface area (Å²) in [6.45, 7) is 2.37. The molecule has 1 fully saturated rings. The van der Waals surface area contributed by atoms with E-state index in [0.29, 0.717) is 18.8 Å². The summed E-state index contributed by atoms with van der Waals surface area (Å²) in [6, 6.07) is 4.65. The van der Waals surface area contributed by atoms with Gasteiger partial charge in [-0.25, -0.2) is 0 Å². The number of benzene rings is 1. The molecule has 0 atom stereocenters. The molecule has 0 aliphatic heterocycles. The van der Waals surface area contributed by atoms with Crippen molar-refractivity contribution in [2.24, 2.45) is 5.92 Å². The van der Waals surface area contributed by atoms with Crippen molar-refractivity contribution in [2.75, 3.05) is 12.3 Å². The number of carbonyl (C=O) groups is 1. The second-order valence-electron chi connectivity index (χ2n) is 5.83. The Hall–Kier alpha value is -1.75. The number of hydrogen-bond acceptors (Lipinski definition) is 4. The van der Waals surface area contributed by atoms with Crippen molar-refractivity contribution < 1.29 is 15.0 Å². The van der Waals surface area contributed by atoms with Crippen molar-refractivity contribution in [3.8, 4) is 5.75 Å². The van der Waals surface area contributed by atoms with Crippen LogP contribution < -0.4 is 11.1 Å². The molecule has 0 radical (unpaired) electrons. The van der Waals surface area contributed by atoms with Crippen LogP contribution >= 0.6 is 0 Å². The quantitative estimate of drug-likeness (QED) is 0.499. The number of nitrogens with one attached hydrogen (secondary N) is 1. The average molecular weight is 278 g/mol. The summed E-state index contributed by atoms with van der Waals surface area (Å²) in [5, 5.41) is 22.8. The highest BCUT2D eigenvalue weighted by molar-refractivity contribution is 5.98. The first-order valence-corrected chi connectivity index (χ1v) is 6.99. The molecule has 20 heavy (non-hydrogen) atoms. The van der Waals surface area contributed by atoms with Crippen molar-refractivity contribution in [2.45, 2.75) is 38.2 Å². The number of nitrogen functional groups attached to an aromatic ring is 1. The minimum atomic E-state index is -0.835. The largest absolute Gasteiger partial charge is 0.505 e. The standard InChI is InChI=1S/C15H22N2O3/c1-10-5-7-15(20,8-6-10)9-17-14(19)11-3-2-4-12(16)13(11)18/h2-4,10,18,20H,5-9,16H2,1H3,(H,17,19). The minimum absolute atomic E-state index is 0.137. The van der Waals surface area contributed by atoms with E-state index in [2.05, 4.69) is 12.2 Å². The molecule has 1 amide bonds. The number of rotatable bonds is 3. The molecule has 110 valence electrons. The highest BCUT2D eigenvalue weighted by Crippen LogP contribution is 2.31. The van der Waals surface area contributed by atoms with E-state index in [1.54, 1.807) is 6.07 Å². The predicted molar refractivity (Wildman–Crippen MR) is 77.4 cm³/mol. The molecule has 0 unspecified atom stereocenters. The molecule has 0 saturated heterocycles. The van der Waals surface area contributed by atoms with Crippen molar-refractivity contribution in [3.05, 3.63) is 23.8 Å². The van der Waals surface area contributed by atoms with Gasteiger partial charge in [-0.2, -0.15) is 0 Å². The summed E-state index contributed by atoms with van der Waals surface area (Å²) in [4.78, 5) is 12.0. The lowest BCUT2D eigenvalue weighted by atomic mass is 9.79. The van der Waals surface area contributed by atoms with Gasteiger partial charge in [0.15, 0.2) is 5.75 Å². The van der Waals surface area contributed by atoms with Crippen LogP contribution in [-0.2, 0) is 0 Å². The Bertz CT molecular complexity index is 494. The Morgan fingerprint density at radius 2 is 2.10 bits per heavy atom. The summed E-state index contributed by atoms with van der Waals surface area (Å²) >= 11 is 0. The highest BCUT2D eigenvalue weighted by Gasteiger charge is 2.32. The summed E-state index contributed by atoms with van der Waals surface area (Å²) in [7, 11) is 0.